The van der Waals surface area contributed by atoms with E-state index in [-0.39, 0.29) is 23.7 Å². The monoisotopic (exact) mass is 303 g/mol. The molecule has 2 heterocycles. The minimum atomic E-state index is -0.695. The molecule has 0 spiro atoms. The van der Waals surface area contributed by atoms with E-state index in [1.807, 2.05) is 0 Å². The quantitative estimate of drug-likeness (QED) is 0.673. The number of hydrogen-bond acceptors (Lipinski definition) is 7. The van der Waals surface area contributed by atoms with E-state index in [1.54, 1.807) is 6.92 Å². The van der Waals surface area contributed by atoms with E-state index in [4.69, 9.17) is 9.26 Å². The second-order valence-electron chi connectivity index (χ2n) is 4.32. The van der Waals surface area contributed by atoms with Crippen LogP contribution in [0.2, 0.25) is 0 Å². The highest BCUT2D eigenvalue weighted by atomic mass is 19.1. The van der Waals surface area contributed by atoms with Crippen molar-refractivity contribution in [2.45, 2.75) is 13.5 Å². The molecule has 0 amide bonds. The first-order valence-corrected chi connectivity index (χ1v) is 6.24. The number of carbonyl (C=O) groups is 1. The van der Waals surface area contributed by atoms with Gasteiger partial charge < -0.3 is 9.26 Å². The van der Waals surface area contributed by atoms with Crippen LogP contribution in [0.5, 0.6) is 0 Å². The molecule has 0 bridgehead atoms. The van der Waals surface area contributed by atoms with Crippen LogP contribution in [0.15, 0.2) is 35.4 Å². The van der Waals surface area contributed by atoms with Gasteiger partial charge in [-0.05, 0) is 25.1 Å². The van der Waals surface area contributed by atoms with Gasteiger partial charge in [-0.1, -0.05) is 5.16 Å². The highest BCUT2D eigenvalue weighted by molar-refractivity contribution is 5.89. The normalized spacial score (nSPS) is 10.6. The highest BCUT2D eigenvalue weighted by Crippen LogP contribution is 2.15. The van der Waals surface area contributed by atoms with Gasteiger partial charge in [0.1, 0.15) is 24.2 Å². The molecule has 0 saturated heterocycles. The van der Waals surface area contributed by atoms with Crippen LogP contribution in [0.3, 0.4) is 0 Å². The Kier molecular flexibility index (Phi) is 3.60. The summed E-state index contributed by atoms with van der Waals surface area (Å²) in [5, 5.41) is 7.39. The molecular formula is C13H10FN5O3. The molecule has 9 heteroatoms. The first-order chi connectivity index (χ1) is 10.6. The van der Waals surface area contributed by atoms with Crippen LogP contribution in [-0.4, -0.2) is 30.9 Å². The van der Waals surface area contributed by atoms with Gasteiger partial charge in [0.25, 0.3) is 5.89 Å². The van der Waals surface area contributed by atoms with E-state index in [9.17, 15) is 9.18 Å². The van der Waals surface area contributed by atoms with Crippen LogP contribution in [0.1, 0.15) is 22.1 Å². The Morgan fingerprint density at radius 3 is 2.95 bits per heavy atom. The second kappa shape index (κ2) is 5.72. The number of aromatic nitrogens is 5. The Morgan fingerprint density at radius 2 is 2.32 bits per heavy atom. The van der Waals surface area contributed by atoms with E-state index in [0.717, 1.165) is 6.07 Å². The van der Waals surface area contributed by atoms with Crippen LogP contribution in [0, 0.1) is 12.7 Å². The Morgan fingerprint density at radius 1 is 1.45 bits per heavy atom. The fourth-order valence-corrected chi connectivity index (χ4v) is 1.76. The number of esters is 1. The second-order valence-corrected chi connectivity index (χ2v) is 4.32. The third-order valence-corrected chi connectivity index (χ3v) is 2.75. The average Bonchev–Trinajstić information content (AvgIpc) is 3.16. The van der Waals surface area contributed by atoms with E-state index in [2.05, 4.69) is 20.2 Å². The van der Waals surface area contributed by atoms with Crippen molar-refractivity contribution in [2.75, 3.05) is 0 Å². The number of benzene rings is 1. The third kappa shape index (κ3) is 2.82. The van der Waals surface area contributed by atoms with E-state index >= 15 is 0 Å². The first-order valence-electron chi connectivity index (χ1n) is 6.24. The molecule has 0 N–H and O–H groups in total. The Hall–Kier alpha value is -3.10. The smallest absolute Gasteiger partial charge is 0.338 e. The number of nitrogens with zero attached hydrogens (tertiary/aromatic N) is 5. The van der Waals surface area contributed by atoms with Crippen LogP contribution in [0.4, 0.5) is 4.39 Å². The van der Waals surface area contributed by atoms with Gasteiger partial charge in [0.05, 0.1) is 5.56 Å². The number of ether oxygens (including phenoxy) is 1. The zero-order valence-corrected chi connectivity index (χ0v) is 11.4. The number of carbonyl (C=O) groups excluding carboxylic acids is 1. The molecule has 0 fully saturated rings. The lowest BCUT2D eigenvalue weighted by atomic mass is 10.2. The SMILES string of the molecule is Cc1noc(COC(=O)c2ccc(-n3cncn3)c(F)c2)n1. The molecule has 112 valence electrons. The molecule has 0 radical (unpaired) electrons. The molecule has 2 aromatic heterocycles. The highest BCUT2D eigenvalue weighted by Gasteiger charge is 2.14. The lowest BCUT2D eigenvalue weighted by Crippen LogP contribution is -2.07. The van der Waals surface area contributed by atoms with Crippen LogP contribution >= 0.6 is 0 Å². The number of halogens is 1. The molecule has 0 unspecified atom stereocenters. The summed E-state index contributed by atoms with van der Waals surface area (Å²) < 4.78 is 25.0. The van der Waals surface area contributed by atoms with Crippen LogP contribution < -0.4 is 0 Å². The maximum Gasteiger partial charge on any atom is 0.338 e. The minimum absolute atomic E-state index is 0.0672. The van der Waals surface area contributed by atoms with Gasteiger partial charge in [-0.15, -0.1) is 0 Å². The molecule has 1 aromatic carbocycles. The lowest BCUT2D eigenvalue weighted by Gasteiger charge is -2.05. The predicted molar refractivity (Wildman–Crippen MR) is 69.5 cm³/mol. The van der Waals surface area contributed by atoms with Gasteiger partial charge in [-0.25, -0.2) is 18.9 Å². The summed E-state index contributed by atoms with van der Waals surface area (Å²) in [6.45, 7) is 1.47. The number of rotatable bonds is 4. The average molecular weight is 303 g/mol. The van der Waals surface area contributed by atoms with Crippen molar-refractivity contribution in [3.05, 3.63) is 53.9 Å². The van der Waals surface area contributed by atoms with Crippen molar-refractivity contribution in [3.8, 4) is 5.69 Å². The molecule has 0 aliphatic carbocycles. The maximum atomic E-state index is 14.0. The van der Waals surface area contributed by atoms with Crippen molar-refractivity contribution in [3.63, 3.8) is 0 Å². The fraction of sp³-hybridized carbons (Fsp3) is 0.154. The largest absolute Gasteiger partial charge is 0.452 e. The van der Waals surface area contributed by atoms with Gasteiger partial charge >= 0.3 is 5.97 Å². The molecule has 3 rings (SSSR count). The van der Waals surface area contributed by atoms with E-state index in [0.29, 0.717) is 5.82 Å². The first kappa shape index (κ1) is 13.9. The third-order valence-electron chi connectivity index (χ3n) is 2.75. The number of hydrogen-bond donors (Lipinski definition) is 0. The van der Waals surface area contributed by atoms with Crippen LogP contribution in [-0.2, 0) is 11.3 Å². The predicted octanol–water partition coefficient (Wildman–Crippen LogP) is 1.45. The summed E-state index contributed by atoms with van der Waals surface area (Å²) >= 11 is 0. The van der Waals surface area contributed by atoms with Gasteiger partial charge in [0.15, 0.2) is 12.4 Å². The standard InChI is InChI=1S/C13H10FN5O3/c1-8-17-12(22-18-8)5-21-13(20)9-2-3-11(10(14)4-9)19-7-15-6-16-19/h2-4,6-7H,5H2,1H3. The van der Waals surface area contributed by atoms with Crippen molar-refractivity contribution < 1.29 is 18.4 Å². The maximum absolute atomic E-state index is 14.0. The van der Waals surface area contributed by atoms with Gasteiger partial charge in [-0.2, -0.15) is 10.1 Å². The molecule has 0 saturated carbocycles. The molecular weight excluding hydrogens is 293 g/mol. The van der Waals surface area contributed by atoms with Gasteiger partial charge in [0.2, 0.25) is 0 Å². The molecule has 0 aliphatic rings. The summed E-state index contributed by atoms with van der Waals surface area (Å²) in [6.07, 6.45) is 2.64. The van der Waals surface area contributed by atoms with Crippen LogP contribution in [0.25, 0.3) is 5.69 Å². The summed E-state index contributed by atoms with van der Waals surface area (Å²) in [4.78, 5) is 19.5. The summed E-state index contributed by atoms with van der Waals surface area (Å²) in [7, 11) is 0. The Bertz CT molecular complexity index is 800. The van der Waals surface area contributed by atoms with Crippen molar-refractivity contribution in [2.24, 2.45) is 0 Å². The minimum Gasteiger partial charge on any atom is -0.452 e. The van der Waals surface area contributed by atoms with Crippen molar-refractivity contribution in [1.82, 2.24) is 24.9 Å². The molecule has 8 nitrogen and oxygen atoms in total. The number of aryl methyl sites for hydroxylation is 1. The topological polar surface area (TPSA) is 95.9 Å². The van der Waals surface area contributed by atoms with Crippen molar-refractivity contribution in [1.29, 1.82) is 0 Å². The Balaban J connectivity index is 1.72. The molecule has 22 heavy (non-hydrogen) atoms. The summed E-state index contributed by atoms with van der Waals surface area (Å²) in [5.74, 6) is -0.701. The molecule has 3 aromatic rings. The van der Waals surface area contributed by atoms with Crippen molar-refractivity contribution >= 4 is 5.97 Å². The fourth-order valence-electron chi connectivity index (χ4n) is 1.76. The zero-order valence-electron chi connectivity index (χ0n) is 11.4. The van der Waals surface area contributed by atoms with E-state index in [1.165, 1.54) is 29.5 Å². The Labute approximate surface area is 123 Å². The lowest BCUT2D eigenvalue weighted by molar-refractivity contribution is 0.0429. The van der Waals surface area contributed by atoms with Gasteiger partial charge in [-0.3, -0.25) is 0 Å². The zero-order chi connectivity index (χ0) is 15.5. The summed E-state index contributed by atoms with van der Waals surface area (Å²) in [6, 6.07) is 3.91. The van der Waals surface area contributed by atoms with E-state index < -0.39 is 11.8 Å². The summed E-state index contributed by atoms with van der Waals surface area (Å²) in [5.41, 5.74) is 0.249. The molecule has 0 atom stereocenters. The molecule has 0 aliphatic heterocycles. The van der Waals surface area contributed by atoms with Gasteiger partial charge in [0, 0.05) is 0 Å².